The van der Waals surface area contributed by atoms with Crippen molar-refractivity contribution in [3.63, 3.8) is 0 Å². The zero-order valence-corrected chi connectivity index (χ0v) is 13.1. The van der Waals surface area contributed by atoms with E-state index in [1.54, 1.807) is 19.1 Å². The minimum Gasteiger partial charge on any atom is -0.456 e. The molecule has 0 unspecified atom stereocenters. The molecule has 2 aromatic carbocycles. The Morgan fingerprint density at radius 3 is 2.74 bits per heavy atom. The molecule has 0 bridgehead atoms. The Balaban J connectivity index is 1.78. The van der Waals surface area contributed by atoms with Crippen molar-refractivity contribution in [1.82, 2.24) is 4.57 Å². The molecule has 0 aliphatic carbocycles. The van der Waals surface area contributed by atoms with Crippen LogP contribution >= 0.6 is 11.6 Å². The average molecular weight is 332 g/mol. The summed E-state index contributed by atoms with van der Waals surface area (Å²) in [7, 11) is 0. The summed E-state index contributed by atoms with van der Waals surface area (Å²) in [5, 5.41) is 0.457. The van der Waals surface area contributed by atoms with Crippen molar-refractivity contribution in [1.29, 1.82) is 0 Å². The first kappa shape index (κ1) is 15.4. The highest BCUT2D eigenvalue weighted by Gasteiger charge is 2.16. The molecule has 0 N–H and O–H groups in total. The topological polar surface area (TPSA) is 61.4 Å². The molecular formula is C17H14ClNO4. The van der Waals surface area contributed by atoms with Gasteiger partial charge in [0.15, 0.2) is 5.58 Å². The van der Waals surface area contributed by atoms with Gasteiger partial charge in [0.2, 0.25) is 0 Å². The summed E-state index contributed by atoms with van der Waals surface area (Å²) in [5.41, 5.74) is 1.73. The van der Waals surface area contributed by atoms with E-state index in [2.05, 4.69) is 0 Å². The molecule has 0 aliphatic heterocycles. The van der Waals surface area contributed by atoms with Crippen LogP contribution in [0, 0.1) is 0 Å². The van der Waals surface area contributed by atoms with Gasteiger partial charge in [-0.2, -0.15) is 0 Å². The minimum atomic E-state index is -0.619. The molecule has 0 aliphatic rings. The number of carbonyl (C=O) groups is 1. The van der Waals surface area contributed by atoms with Crippen LogP contribution in [0.5, 0.6) is 0 Å². The lowest BCUT2D eigenvalue weighted by Gasteiger charge is -2.13. The summed E-state index contributed by atoms with van der Waals surface area (Å²) >= 11 is 5.86. The fraction of sp³-hybridized carbons (Fsp3) is 0.176. The van der Waals surface area contributed by atoms with E-state index < -0.39 is 17.8 Å². The highest BCUT2D eigenvalue weighted by molar-refractivity contribution is 6.31. The molecular weight excluding hydrogens is 318 g/mol. The van der Waals surface area contributed by atoms with Crippen molar-refractivity contribution in [3.05, 3.63) is 69.7 Å². The quantitative estimate of drug-likeness (QED) is 0.686. The molecule has 6 heteroatoms. The molecule has 5 nitrogen and oxygen atoms in total. The fourth-order valence-electron chi connectivity index (χ4n) is 2.35. The second-order valence-corrected chi connectivity index (χ2v) is 5.55. The summed E-state index contributed by atoms with van der Waals surface area (Å²) in [4.78, 5) is 24.0. The first-order chi connectivity index (χ1) is 11.0. The molecule has 0 spiro atoms. The number of rotatable bonds is 4. The number of fused-ring (bicyclic) bond motifs is 1. The van der Waals surface area contributed by atoms with Crippen molar-refractivity contribution in [2.75, 3.05) is 0 Å². The van der Waals surface area contributed by atoms with E-state index in [4.69, 9.17) is 20.8 Å². The summed E-state index contributed by atoms with van der Waals surface area (Å²) in [6.07, 6.45) is -0.396. The molecule has 1 atom stereocenters. The van der Waals surface area contributed by atoms with Gasteiger partial charge in [-0.1, -0.05) is 41.9 Å². The second-order valence-electron chi connectivity index (χ2n) is 5.11. The molecule has 0 amide bonds. The van der Waals surface area contributed by atoms with E-state index in [1.165, 1.54) is 10.6 Å². The van der Waals surface area contributed by atoms with Gasteiger partial charge < -0.3 is 9.15 Å². The van der Waals surface area contributed by atoms with Gasteiger partial charge in [0.05, 0.1) is 5.52 Å². The second kappa shape index (κ2) is 6.30. The first-order valence-corrected chi connectivity index (χ1v) is 7.46. The molecule has 1 aromatic heterocycles. The monoisotopic (exact) mass is 331 g/mol. The van der Waals surface area contributed by atoms with Crippen LogP contribution in [-0.2, 0) is 16.1 Å². The van der Waals surface area contributed by atoms with E-state index in [9.17, 15) is 9.59 Å². The number of halogens is 1. The molecule has 118 valence electrons. The van der Waals surface area contributed by atoms with Crippen LogP contribution in [0.4, 0.5) is 0 Å². The van der Waals surface area contributed by atoms with E-state index in [0.717, 1.165) is 5.56 Å². The number of benzene rings is 2. The standard InChI is InChI=1S/C17H14ClNO4/c1-11(12-5-3-2-4-6-12)22-16(20)10-19-14-8-7-13(18)9-15(14)23-17(19)21/h2-9,11H,10H2,1H3/t11-/m1/s1. The van der Waals surface area contributed by atoms with E-state index in [1.807, 2.05) is 30.3 Å². The van der Waals surface area contributed by atoms with Crippen molar-refractivity contribution in [2.45, 2.75) is 19.6 Å². The van der Waals surface area contributed by atoms with Gasteiger partial charge in [0, 0.05) is 11.1 Å². The first-order valence-electron chi connectivity index (χ1n) is 7.08. The maximum Gasteiger partial charge on any atom is 0.420 e. The molecule has 0 saturated carbocycles. The van der Waals surface area contributed by atoms with Crippen molar-refractivity contribution >= 4 is 28.7 Å². The van der Waals surface area contributed by atoms with Crippen LogP contribution in [0.1, 0.15) is 18.6 Å². The Morgan fingerprint density at radius 2 is 2.00 bits per heavy atom. The number of nitrogens with zero attached hydrogens (tertiary/aromatic N) is 1. The number of hydrogen-bond donors (Lipinski definition) is 0. The number of carbonyl (C=O) groups excluding carboxylic acids is 1. The average Bonchev–Trinajstić information content (AvgIpc) is 2.83. The summed E-state index contributed by atoms with van der Waals surface area (Å²) < 4.78 is 11.7. The van der Waals surface area contributed by atoms with E-state index >= 15 is 0 Å². The number of hydrogen-bond acceptors (Lipinski definition) is 4. The molecule has 0 fully saturated rings. The normalized spacial score (nSPS) is 12.3. The Labute approximate surface area is 137 Å². The van der Waals surface area contributed by atoms with Gasteiger partial charge in [0.25, 0.3) is 0 Å². The van der Waals surface area contributed by atoms with Gasteiger partial charge in [-0.25, -0.2) is 4.79 Å². The Kier molecular flexibility index (Phi) is 4.21. The van der Waals surface area contributed by atoms with Crippen molar-refractivity contribution < 1.29 is 13.9 Å². The minimum absolute atomic E-state index is 0.218. The van der Waals surface area contributed by atoms with Crippen LogP contribution in [0.15, 0.2) is 57.7 Å². The van der Waals surface area contributed by atoms with Gasteiger partial charge in [-0.15, -0.1) is 0 Å². The summed E-state index contributed by atoms with van der Waals surface area (Å²) in [6, 6.07) is 14.2. The Hall–Kier alpha value is -2.53. The number of oxazole rings is 1. The lowest BCUT2D eigenvalue weighted by atomic mass is 10.1. The Morgan fingerprint density at radius 1 is 1.26 bits per heavy atom. The molecule has 3 aromatic rings. The SMILES string of the molecule is C[C@@H](OC(=O)Cn1c(=O)oc2cc(Cl)ccc21)c1ccccc1. The number of esters is 1. The summed E-state index contributed by atoms with van der Waals surface area (Å²) in [5.74, 6) is -1.13. The van der Waals surface area contributed by atoms with Crippen molar-refractivity contribution in [2.24, 2.45) is 0 Å². The lowest BCUT2D eigenvalue weighted by Crippen LogP contribution is -2.22. The molecule has 3 rings (SSSR count). The van der Waals surface area contributed by atoms with Gasteiger partial charge in [-0.05, 0) is 24.6 Å². The van der Waals surface area contributed by atoms with Crippen LogP contribution in [0.3, 0.4) is 0 Å². The highest BCUT2D eigenvalue weighted by atomic mass is 35.5. The van der Waals surface area contributed by atoms with Gasteiger partial charge >= 0.3 is 11.7 Å². The number of aromatic nitrogens is 1. The molecule has 23 heavy (non-hydrogen) atoms. The maximum atomic E-state index is 12.1. The molecule has 0 radical (unpaired) electrons. The number of ether oxygens (including phenoxy) is 1. The summed E-state index contributed by atoms with van der Waals surface area (Å²) in [6.45, 7) is 1.56. The van der Waals surface area contributed by atoms with E-state index in [-0.39, 0.29) is 6.54 Å². The lowest BCUT2D eigenvalue weighted by molar-refractivity contribution is -0.149. The zero-order valence-electron chi connectivity index (χ0n) is 12.4. The fourth-order valence-corrected chi connectivity index (χ4v) is 2.51. The predicted octanol–water partition coefficient (Wildman–Crippen LogP) is 3.55. The largest absolute Gasteiger partial charge is 0.456 e. The molecule has 0 saturated heterocycles. The zero-order chi connectivity index (χ0) is 16.4. The van der Waals surface area contributed by atoms with E-state index in [0.29, 0.717) is 16.1 Å². The highest BCUT2D eigenvalue weighted by Crippen LogP contribution is 2.19. The van der Waals surface area contributed by atoms with Gasteiger partial charge in [0.1, 0.15) is 12.6 Å². The Bertz CT molecular complexity index is 898. The predicted molar refractivity (Wildman–Crippen MR) is 86.4 cm³/mol. The van der Waals surface area contributed by atoms with Crippen LogP contribution in [0.25, 0.3) is 11.1 Å². The van der Waals surface area contributed by atoms with Crippen LogP contribution in [-0.4, -0.2) is 10.5 Å². The van der Waals surface area contributed by atoms with Crippen molar-refractivity contribution in [3.8, 4) is 0 Å². The maximum absolute atomic E-state index is 12.1. The van der Waals surface area contributed by atoms with Crippen LogP contribution in [0.2, 0.25) is 5.02 Å². The third-order valence-corrected chi connectivity index (χ3v) is 3.73. The van der Waals surface area contributed by atoms with Gasteiger partial charge in [-0.3, -0.25) is 9.36 Å². The van der Waals surface area contributed by atoms with Crippen LogP contribution < -0.4 is 5.76 Å². The third-order valence-electron chi connectivity index (χ3n) is 3.49. The third kappa shape index (κ3) is 3.29. The molecule has 1 heterocycles. The smallest absolute Gasteiger partial charge is 0.420 e.